The summed E-state index contributed by atoms with van der Waals surface area (Å²) in [6, 6.07) is 9.21. The number of benzene rings is 1. The molecule has 0 bridgehead atoms. The van der Waals surface area contributed by atoms with E-state index in [4.69, 9.17) is 0 Å². The normalized spacial score (nSPS) is 12.4. The summed E-state index contributed by atoms with van der Waals surface area (Å²) in [6.45, 7) is 3.89. The predicted octanol–water partition coefficient (Wildman–Crippen LogP) is 4.99. The van der Waals surface area contributed by atoms with E-state index in [0.717, 1.165) is 28.9 Å². The molecule has 0 fully saturated rings. The van der Waals surface area contributed by atoms with E-state index in [0.29, 0.717) is 17.2 Å². The van der Waals surface area contributed by atoms with Crippen molar-refractivity contribution in [2.24, 2.45) is 0 Å². The Balaban J connectivity index is 1.43. The molecule has 3 aromatic heterocycles. The van der Waals surface area contributed by atoms with Crippen LogP contribution in [0.5, 0.6) is 5.88 Å². The van der Waals surface area contributed by atoms with Gasteiger partial charge in [0.2, 0.25) is 5.88 Å². The number of aromatic nitrogens is 4. The molecule has 1 aromatic carbocycles. The number of anilines is 2. The first-order valence-electron chi connectivity index (χ1n) is 9.88. The van der Waals surface area contributed by atoms with E-state index in [-0.39, 0.29) is 11.6 Å². The molecule has 0 saturated heterocycles. The van der Waals surface area contributed by atoms with E-state index in [1.165, 1.54) is 6.07 Å². The first-order chi connectivity index (χ1) is 15.7. The molecular weight excluding hydrogens is 437 g/mol. The maximum absolute atomic E-state index is 12.5. The highest BCUT2D eigenvalue weighted by atomic mass is 19.4. The zero-order valence-corrected chi connectivity index (χ0v) is 17.6. The second-order valence-electron chi connectivity index (χ2n) is 7.30. The lowest BCUT2D eigenvalue weighted by Gasteiger charge is -2.16. The van der Waals surface area contributed by atoms with Gasteiger partial charge in [-0.15, -0.1) is 13.2 Å². The fraction of sp³-hybridized carbons (Fsp3) is 0.182. The maximum atomic E-state index is 12.5. The van der Waals surface area contributed by atoms with E-state index in [9.17, 15) is 18.0 Å². The van der Waals surface area contributed by atoms with Gasteiger partial charge in [-0.1, -0.05) is 12.1 Å². The summed E-state index contributed by atoms with van der Waals surface area (Å²) in [4.78, 5) is 28.0. The third-order valence-electron chi connectivity index (χ3n) is 4.80. The molecule has 0 aliphatic carbocycles. The third kappa shape index (κ3) is 5.37. The first kappa shape index (κ1) is 22.1. The van der Waals surface area contributed by atoms with Gasteiger partial charge in [0.05, 0.1) is 17.8 Å². The molecule has 1 amide bonds. The van der Waals surface area contributed by atoms with Gasteiger partial charge < -0.3 is 20.4 Å². The molecule has 8 nitrogen and oxygen atoms in total. The van der Waals surface area contributed by atoms with Crippen LogP contribution in [0, 0.1) is 6.92 Å². The minimum absolute atomic E-state index is 0.0894. The van der Waals surface area contributed by atoms with Gasteiger partial charge in [0.15, 0.2) is 5.65 Å². The van der Waals surface area contributed by atoms with E-state index in [1.807, 2.05) is 26.1 Å². The van der Waals surface area contributed by atoms with E-state index in [1.54, 1.807) is 24.4 Å². The minimum atomic E-state index is -4.85. The highest BCUT2D eigenvalue weighted by Gasteiger charge is 2.31. The van der Waals surface area contributed by atoms with Gasteiger partial charge in [0, 0.05) is 24.1 Å². The summed E-state index contributed by atoms with van der Waals surface area (Å²) in [7, 11) is 0. The molecular formula is C22H19F3N6O2. The molecule has 1 atom stereocenters. The Morgan fingerprint density at radius 3 is 2.70 bits per heavy atom. The second kappa shape index (κ2) is 8.77. The zero-order valence-electron chi connectivity index (χ0n) is 17.6. The average molecular weight is 456 g/mol. The van der Waals surface area contributed by atoms with E-state index < -0.39 is 18.1 Å². The van der Waals surface area contributed by atoms with Crippen molar-refractivity contribution in [2.45, 2.75) is 26.3 Å². The van der Waals surface area contributed by atoms with Crippen LogP contribution in [0.2, 0.25) is 0 Å². The van der Waals surface area contributed by atoms with Crippen molar-refractivity contribution in [3.63, 3.8) is 0 Å². The van der Waals surface area contributed by atoms with E-state index in [2.05, 4.69) is 35.3 Å². The van der Waals surface area contributed by atoms with Crippen molar-refractivity contribution in [1.29, 1.82) is 0 Å². The summed E-state index contributed by atoms with van der Waals surface area (Å²) in [6.07, 6.45) is -0.349. The monoisotopic (exact) mass is 456 g/mol. The van der Waals surface area contributed by atoms with Gasteiger partial charge in [-0.05, 0) is 43.2 Å². The number of nitrogens with zero attached hydrogens (tertiary/aromatic N) is 3. The highest BCUT2D eigenvalue weighted by molar-refractivity contribution is 6.04. The summed E-state index contributed by atoms with van der Waals surface area (Å²) < 4.78 is 40.4. The standard InChI is InChI=1S/C22H19F3N6O2/c1-12-9-27-20-19(12)31-17(11-28-20)29-13(2)14-4-3-5-16(8-14)30-21(32)15-6-7-18(26-10-15)33-22(23,24)25/h3-11,13H,1-2H3,(H,27,28)(H,29,31)(H,30,32)/t13-/m0/s1. The molecule has 4 aromatic rings. The number of nitrogens with one attached hydrogen (secondary N) is 3. The zero-order chi connectivity index (χ0) is 23.6. The van der Waals surface area contributed by atoms with Crippen LogP contribution in [0.25, 0.3) is 11.2 Å². The van der Waals surface area contributed by atoms with Crippen molar-refractivity contribution >= 4 is 28.6 Å². The summed E-state index contributed by atoms with van der Waals surface area (Å²) in [5.74, 6) is -0.547. The van der Waals surface area contributed by atoms with Crippen LogP contribution in [0.4, 0.5) is 24.7 Å². The van der Waals surface area contributed by atoms with Crippen LogP contribution >= 0.6 is 0 Å². The van der Waals surface area contributed by atoms with Crippen molar-refractivity contribution in [3.8, 4) is 5.88 Å². The fourth-order valence-electron chi connectivity index (χ4n) is 3.17. The Kier molecular flexibility index (Phi) is 5.86. The number of H-pyrrole nitrogens is 1. The van der Waals surface area contributed by atoms with Crippen molar-refractivity contribution in [3.05, 3.63) is 71.7 Å². The number of hydrogen-bond donors (Lipinski definition) is 3. The molecule has 33 heavy (non-hydrogen) atoms. The van der Waals surface area contributed by atoms with Crippen LogP contribution in [-0.2, 0) is 0 Å². The van der Waals surface area contributed by atoms with Crippen LogP contribution in [0.15, 0.2) is 55.0 Å². The molecule has 0 unspecified atom stereocenters. The molecule has 0 aliphatic rings. The van der Waals surface area contributed by atoms with Gasteiger partial charge in [0.1, 0.15) is 11.3 Å². The fourth-order valence-corrected chi connectivity index (χ4v) is 3.17. The predicted molar refractivity (Wildman–Crippen MR) is 116 cm³/mol. The highest BCUT2D eigenvalue weighted by Crippen LogP contribution is 2.24. The molecule has 3 heterocycles. The molecule has 0 radical (unpaired) electrons. The van der Waals surface area contributed by atoms with Crippen molar-refractivity contribution < 1.29 is 22.7 Å². The Bertz CT molecular complexity index is 1290. The Labute approximate surface area is 186 Å². The molecule has 11 heteroatoms. The molecule has 3 N–H and O–H groups in total. The number of carbonyl (C=O) groups is 1. The van der Waals surface area contributed by atoms with Gasteiger partial charge in [-0.2, -0.15) is 0 Å². The minimum Gasteiger partial charge on any atom is -0.388 e. The summed E-state index contributed by atoms with van der Waals surface area (Å²) >= 11 is 0. The topological polar surface area (TPSA) is 105 Å². The molecule has 170 valence electrons. The quantitative estimate of drug-likeness (QED) is 0.378. The second-order valence-corrected chi connectivity index (χ2v) is 7.30. The summed E-state index contributed by atoms with van der Waals surface area (Å²) in [5, 5.41) is 6.00. The van der Waals surface area contributed by atoms with Crippen molar-refractivity contribution in [2.75, 3.05) is 10.6 Å². The molecule has 0 saturated carbocycles. The van der Waals surface area contributed by atoms with Gasteiger partial charge in [0.25, 0.3) is 5.91 Å². The number of pyridine rings is 1. The van der Waals surface area contributed by atoms with E-state index >= 15 is 0 Å². The number of halogens is 3. The lowest BCUT2D eigenvalue weighted by atomic mass is 10.1. The Morgan fingerprint density at radius 1 is 1.15 bits per heavy atom. The Hall–Kier alpha value is -4.15. The number of rotatable bonds is 6. The lowest BCUT2D eigenvalue weighted by Crippen LogP contribution is -2.18. The van der Waals surface area contributed by atoms with Crippen LogP contribution in [0.1, 0.15) is 34.5 Å². The van der Waals surface area contributed by atoms with Gasteiger partial charge in [-0.25, -0.2) is 15.0 Å². The SMILES string of the molecule is Cc1c[nH]c2ncc(N[C@@H](C)c3cccc(NC(=O)c4ccc(OC(F)(F)F)nc4)c3)nc12. The molecule has 4 rings (SSSR count). The maximum Gasteiger partial charge on any atom is 0.574 e. The lowest BCUT2D eigenvalue weighted by molar-refractivity contribution is -0.276. The van der Waals surface area contributed by atoms with Crippen molar-refractivity contribution in [1.82, 2.24) is 19.9 Å². The number of ether oxygens (including phenoxy) is 1. The number of alkyl halides is 3. The number of hydrogen-bond acceptors (Lipinski definition) is 6. The number of aryl methyl sites for hydroxylation is 1. The number of carbonyl (C=O) groups excluding carboxylic acids is 1. The van der Waals surface area contributed by atoms with Gasteiger partial charge in [-0.3, -0.25) is 4.79 Å². The Morgan fingerprint density at radius 2 is 1.97 bits per heavy atom. The van der Waals surface area contributed by atoms with Crippen LogP contribution in [-0.4, -0.2) is 32.2 Å². The van der Waals surface area contributed by atoms with Crippen LogP contribution < -0.4 is 15.4 Å². The summed E-state index contributed by atoms with van der Waals surface area (Å²) in [5.41, 5.74) is 3.98. The van der Waals surface area contributed by atoms with Crippen LogP contribution in [0.3, 0.4) is 0 Å². The average Bonchev–Trinajstić information content (AvgIpc) is 3.13. The number of amides is 1. The smallest absolute Gasteiger partial charge is 0.388 e. The number of fused-ring (bicyclic) bond motifs is 1. The largest absolute Gasteiger partial charge is 0.574 e. The first-order valence-corrected chi connectivity index (χ1v) is 9.88. The van der Waals surface area contributed by atoms with Gasteiger partial charge >= 0.3 is 6.36 Å². The molecule has 0 aliphatic heterocycles. The molecule has 0 spiro atoms. The number of aromatic amines is 1. The third-order valence-corrected chi connectivity index (χ3v) is 4.80.